The summed E-state index contributed by atoms with van der Waals surface area (Å²) in [5.74, 6) is 0.745. The van der Waals surface area contributed by atoms with E-state index in [0.29, 0.717) is 5.69 Å². The Morgan fingerprint density at radius 1 is 1.11 bits per heavy atom. The number of hydrogen-bond acceptors (Lipinski definition) is 3. The van der Waals surface area contributed by atoms with Crippen LogP contribution in [0, 0.1) is 0 Å². The van der Waals surface area contributed by atoms with E-state index in [1.165, 1.54) is 4.90 Å². The molecule has 4 heteroatoms. The van der Waals surface area contributed by atoms with Gasteiger partial charge in [-0.2, -0.15) is 0 Å². The van der Waals surface area contributed by atoms with Crippen LogP contribution < -0.4 is 10.5 Å². The van der Waals surface area contributed by atoms with Gasteiger partial charge in [0.1, 0.15) is 5.75 Å². The van der Waals surface area contributed by atoms with Gasteiger partial charge in [0, 0.05) is 14.3 Å². The molecule has 2 N–H and O–H groups in total. The second-order valence-corrected chi connectivity index (χ2v) is 6.49. The maximum absolute atomic E-state index is 5.91. The Labute approximate surface area is 126 Å². The van der Waals surface area contributed by atoms with Gasteiger partial charge < -0.3 is 10.5 Å². The third-order valence-corrected chi connectivity index (χ3v) is 3.85. The summed E-state index contributed by atoms with van der Waals surface area (Å²) in [4.78, 5) is 2.29. The largest absolute Gasteiger partial charge is 0.489 e. The van der Waals surface area contributed by atoms with Gasteiger partial charge in [0.2, 0.25) is 0 Å². The smallest absolute Gasteiger partial charge is 0.143 e. The molecule has 0 atom stereocenters. The molecular formula is C15H16BrNOS. The monoisotopic (exact) mass is 337 g/mol. The molecule has 0 unspecified atom stereocenters. The van der Waals surface area contributed by atoms with E-state index in [2.05, 4.69) is 28.1 Å². The van der Waals surface area contributed by atoms with Crippen LogP contribution in [-0.2, 0) is 0 Å². The van der Waals surface area contributed by atoms with E-state index in [0.717, 1.165) is 15.1 Å². The first-order chi connectivity index (χ1) is 9.04. The second kappa shape index (κ2) is 6.35. The highest BCUT2D eigenvalue weighted by molar-refractivity contribution is 9.10. The van der Waals surface area contributed by atoms with Crippen LogP contribution in [0.4, 0.5) is 5.69 Å². The van der Waals surface area contributed by atoms with E-state index in [1.807, 2.05) is 44.2 Å². The zero-order valence-electron chi connectivity index (χ0n) is 10.9. The molecule has 0 saturated carbocycles. The van der Waals surface area contributed by atoms with E-state index in [-0.39, 0.29) is 6.10 Å². The minimum absolute atomic E-state index is 0.119. The summed E-state index contributed by atoms with van der Waals surface area (Å²) in [7, 11) is 0. The number of nitrogens with two attached hydrogens (primary N) is 1. The predicted octanol–water partition coefficient (Wildman–Crippen LogP) is 4.97. The Bertz CT molecular complexity index is 572. The fourth-order valence-corrected chi connectivity index (χ4v) is 3.06. The molecule has 0 spiro atoms. The summed E-state index contributed by atoms with van der Waals surface area (Å²) in [6.07, 6.45) is 0.119. The molecule has 2 rings (SSSR count). The van der Waals surface area contributed by atoms with Crippen molar-refractivity contribution >= 4 is 33.4 Å². The van der Waals surface area contributed by atoms with Crippen molar-refractivity contribution in [2.75, 3.05) is 5.73 Å². The zero-order chi connectivity index (χ0) is 13.8. The van der Waals surface area contributed by atoms with E-state index < -0.39 is 0 Å². The van der Waals surface area contributed by atoms with Crippen LogP contribution >= 0.6 is 27.7 Å². The van der Waals surface area contributed by atoms with Crippen LogP contribution in [0.1, 0.15) is 13.8 Å². The molecule has 0 heterocycles. The lowest BCUT2D eigenvalue weighted by Gasteiger charge is -2.13. The quantitative estimate of drug-likeness (QED) is 0.800. The maximum atomic E-state index is 5.91. The highest BCUT2D eigenvalue weighted by Crippen LogP contribution is 2.34. The van der Waals surface area contributed by atoms with Crippen LogP contribution in [0.25, 0.3) is 0 Å². The van der Waals surface area contributed by atoms with Gasteiger partial charge >= 0.3 is 0 Å². The number of nitrogen functional groups attached to an aromatic ring is 1. The van der Waals surface area contributed by atoms with Crippen molar-refractivity contribution in [2.45, 2.75) is 29.7 Å². The summed E-state index contributed by atoms with van der Waals surface area (Å²) in [5, 5.41) is 0. The first kappa shape index (κ1) is 14.3. The number of hydrogen-bond donors (Lipinski definition) is 1. The normalized spacial score (nSPS) is 10.7. The number of ether oxygens (including phenoxy) is 1. The fraction of sp³-hybridized carbons (Fsp3) is 0.200. The Kier molecular flexibility index (Phi) is 4.77. The summed E-state index contributed by atoms with van der Waals surface area (Å²) in [6.45, 7) is 3.99. The molecule has 0 amide bonds. The predicted molar refractivity (Wildman–Crippen MR) is 84.9 cm³/mol. The van der Waals surface area contributed by atoms with Crippen molar-refractivity contribution in [1.82, 2.24) is 0 Å². The number of anilines is 1. The molecule has 0 aliphatic rings. The van der Waals surface area contributed by atoms with Gasteiger partial charge in [-0.25, -0.2) is 0 Å². The minimum Gasteiger partial charge on any atom is -0.489 e. The Balaban J connectivity index is 2.21. The van der Waals surface area contributed by atoms with Crippen molar-refractivity contribution < 1.29 is 4.74 Å². The van der Waals surface area contributed by atoms with Gasteiger partial charge in [0.05, 0.1) is 11.8 Å². The lowest BCUT2D eigenvalue weighted by molar-refractivity contribution is 0.243. The highest BCUT2D eigenvalue weighted by Gasteiger charge is 2.06. The molecule has 2 nitrogen and oxygen atoms in total. The number of rotatable bonds is 4. The molecule has 0 bridgehead atoms. The van der Waals surface area contributed by atoms with Crippen molar-refractivity contribution in [3.8, 4) is 5.75 Å². The minimum atomic E-state index is 0.119. The van der Waals surface area contributed by atoms with Gasteiger partial charge in [-0.05, 0) is 50.2 Å². The summed E-state index contributed by atoms with van der Waals surface area (Å²) in [6, 6.07) is 14.1. The molecule has 0 radical (unpaired) electrons. The van der Waals surface area contributed by atoms with Gasteiger partial charge in [0.25, 0.3) is 0 Å². The van der Waals surface area contributed by atoms with E-state index in [9.17, 15) is 0 Å². The summed E-state index contributed by atoms with van der Waals surface area (Å²) in [5.41, 5.74) is 6.59. The molecular weight excluding hydrogens is 322 g/mol. The molecule has 0 aliphatic heterocycles. The summed E-state index contributed by atoms with van der Waals surface area (Å²) >= 11 is 5.16. The average molecular weight is 338 g/mol. The molecule has 100 valence electrons. The van der Waals surface area contributed by atoms with Crippen LogP contribution in [0.3, 0.4) is 0 Å². The van der Waals surface area contributed by atoms with Crippen molar-refractivity contribution in [3.63, 3.8) is 0 Å². The number of halogens is 1. The van der Waals surface area contributed by atoms with Crippen molar-refractivity contribution in [3.05, 3.63) is 46.9 Å². The molecule has 0 saturated heterocycles. The third kappa shape index (κ3) is 4.18. The van der Waals surface area contributed by atoms with Crippen LogP contribution in [-0.4, -0.2) is 6.10 Å². The summed E-state index contributed by atoms with van der Waals surface area (Å²) < 4.78 is 6.78. The Morgan fingerprint density at radius 3 is 2.53 bits per heavy atom. The van der Waals surface area contributed by atoms with Crippen molar-refractivity contribution in [1.29, 1.82) is 0 Å². The van der Waals surface area contributed by atoms with Gasteiger partial charge in [0.15, 0.2) is 0 Å². The second-order valence-electron chi connectivity index (χ2n) is 4.43. The van der Waals surface area contributed by atoms with Crippen LogP contribution in [0.5, 0.6) is 5.75 Å². The van der Waals surface area contributed by atoms with Gasteiger partial charge in [-0.3, -0.25) is 0 Å². The molecule has 0 aliphatic carbocycles. The Morgan fingerprint density at radius 2 is 1.84 bits per heavy atom. The number of benzene rings is 2. The molecule has 0 fully saturated rings. The zero-order valence-corrected chi connectivity index (χ0v) is 13.3. The third-order valence-electron chi connectivity index (χ3n) is 2.38. The van der Waals surface area contributed by atoms with Crippen LogP contribution in [0.15, 0.2) is 56.7 Å². The molecule has 2 aromatic carbocycles. The van der Waals surface area contributed by atoms with Crippen molar-refractivity contribution in [2.24, 2.45) is 0 Å². The van der Waals surface area contributed by atoms with E-state index >= 15 is 0 Å². The molecule has 2 aromatic rings. The Hall–Kier alpha value is -1.13. The van der Waals surface area contributed by atoms with E-state index in [1.54, 1.807) is 11.8 Å². The first-order valence-electron chi connectivity index (χ1n) is 6.04. The van der Waals surface area contributed by atoms with Crippen LogP contribution in [0.2, 0.25) is 0 Å². The maximum Gasteiger partial charge on any atom is 0.143 e. The lowest BCUT2D eigenvalue weighted by atomic mass is 10.3. The topological polar surface area (TPSA) is 35.2 Å². The highest BCUT2D eigenvalue weighted by atomic mass is 79.9. The average Bonchev–Trinajstić information content (AvgIpc) is 2.33. The fourth-order valence-electron chi connectivity index (χ4n) is 1.60. The standard InChI is InChI=1S/C15H16BrNOS/c1-10(2)18-15-9-13(6-7-14(15)17)19-12-5-3-4-11(16)8-12/h3-10H,17H2,1-2H3. The SMILES string of the molecule is CC(C)Oc1cc(Sc2cccc(Br)c2)ccc1N. The van der Waals surface area contributed by atoms with Gasteiger partial charge in [-0.15, -0.1) is 0 Å². The molecule has 0 aromatic heterocycles. The van der Waals surface area contributed by atoms with Gasteiger partial charge in [-0.1, -0.05) is 33.8 Å². The lowest BCUT2D eigenvalue weighted by Crippen LogP contribution is -2.07. The molecule has 19 heavy (non-hydrogen) atoms. The first-order valence-corrected chi connectivity index (χ1v) is 7.65. The van der Waals surface area contributed by atoms with E-state index in [4.69, 9.17) is 10.5 Å².